The first-order chi connectivity index (χ1) is 9.24. The maximum absolute atomic E-state index is 5.74. The van der Waals surface area contributed by atoms with Crippen LogP contribution in [0.25, 0.3) is 0 Å². The van der Waals surface area contributed by atoms with E-state index in [4.69, 9.17) is 9.47 Å². The maximum atomic E-state index is 5.74. The predicted molar refractivity (Wildman–Crippen MR) is 76.7 cm³/mol. The lowest BCUT2D eigenvalue weighted by Crippen LogP contribution is -2.90. The molecule has 3 heteroatoms. The SMILES string of the molecule is CC(C)Oc1ccc(OCC[NH2+]C2CCCC2)cc1. The summed E-state index contributed by atoms with van der Waals surface area (Å²) in [5.74, 6) is 1.83. The van der Waals surface area contributed by atoms with Crippen LogP contribution < -0.4 is 14.8 Å². The second kappa shape index (κ2) is 7.39. The molecule has 1 aliphatic rings. The second-order valence-electron chi connectivity index (χ2n) is 5.56. The van der Waals surface area contributed by atoms with Gasteiger partial charge in [0, 0.05) is 0 Å². The van der Waals surface area contributed by atoms with Gasteiger partial charge in [-0.05, 0) is 63.8 Å². The second-order valence-corrected chi connectivity index (χ2v) is 5.56. The van der Waals surface area contributed by atoms with E-state index in [0.717, 1.165) is 30.7 Å². The molecule has 1 aromatic carbocycles. The van der Waals surface area contributed by atoms with Crippen LogP contribution in [0.2, 0.25) is 0 Å². The summed E-state index contributed by atoms with van der Waals surface area (Å²) in [6, 6.07) is 8.73. The summed E-state index contributed by atoms with van der Waals surface area (Å²) < 4.78 is 11.3. The Morgan fingerprint density at radius 1 is 1.11 bits per heavy atom. The molecular weight excluding hydrogens is 238 g/mol. The van der Waals surface area contributed by atoms with Crippen LogP contribution in [0.1, 0.15) is 39.5 Å². The van der Waals surface area contributed by atoms with Gasteiger partial charge in [-0.25, -0.2) is 0 Å². The van der Waals surface area contributed by atoms with Crippen molar-refractivity contribution in [3.05, 3.63) is 24.3 Å². The van der Waals surface area contributed by atoms with Gasteiger partial charge in [0.2, 0.25) is 0 Å². The summed E-state index contributed by atoms with van der Waals surface area (Å²) in [6.07, 6.45) is 5.77. The highest BCUT2D eigenvalue weighted by Gasteiger charge is 2.16. The normalized spacial score (nSPS) is 15.9. The Bertz CT molecular complexity index is 356. The minimum atomic E-state index is 0.216. The van der Waals surface area contributed by atoms with Gasteiger partial charge in [0.1, 0.15) is 24.7 Å². The molecule has 0 amide bonds. The molecule has 3 nitrogen and oxygen atoms in total. The minimum absolute atomic E-state index is 0.216. The summed E-state index contributed by atoms with van der Waals surface area (Å²) in [6.45, 7) is 5.89. The number of rotatable bonds is 7. The Morgan fingerprint density at radius 3 is 2.37 bits per heavy atom. The quantitative estimate of drug-likeness (QED) is 0.767. The first-order valence-corrected chi connectivity index (χ1v) is 7.47. The third-order valence-corrected chi connectivity index (χ3v) is 3.48. The lowest BCUT2D eigenvalue weighted by Gasteiger charge is -2.11. The number of ether oxygens (including phenoxy) is 2. The van der Waals surface area contributed by atoms with Gasteiger partial charge in [-0.15, -0.1) is 0 Å². The van der Waals surface area contributed by atoms with E-state index in [1.165, 1.54) is 25.7 Å². The van der Waals surface area contributed by atoms with Crippen LogP contribution in [0.3, 0.4) is 0 Å². The maximum Gasteiger partial charge on any atom is 0.137 e. The van der Waals surface area contributed by atoms with E-state index in [1.54, 1.807) is 0 Å². The van der Waals surface area contributed by atoms with Crippen molar-refractivity contribution < 1.29 is 14.8 Å². The molecule has 1 fully saturated rings. The van der Waals surface area contributed by atoms with Gasteiger partial charge < -0.3 is 14.8 Å². The summed E-state index contributed by atoms with van der Waals surface area (Å²) in [4.78, 5) is 0. The summed E-state index contributed by atoms with van der Waals surface area (Å²) in [5.41, 5.74) is 0. The number of hydrogen-bond donors (Lipinski definition) is 1. The van der Waals surface area contributed by atoms with Gasteiger partial charge in [-0.3, -0.25) is 0 Å². The average molecular weight is 264 g/mol. The standard InChI is InChI=1S/C16H25NO2/c1-13(2)19-16-9-7-15(8-10-16)18-12-11-17-14-5-3-4-6-14/h7-10,13-14,17H,3-6,11-12H2,1-2H3/p+1. The van der Waals surface area contributed by atoms with Crippen molar-refractivity contribution in [1.29, 1.82) is 0 Å². The number of hydrogen-bond acceptors (Lipinski definition) is 2. The molecule has 1 aromatic rings. The highest BCUT2D eigenvalue weighted by atomic mass is 16.5. The zero-order chi connectivity index (χ0) is 13.5. The van der Waals surface area contributed by atoms with Crippen molar-refractivity contribution in [3.63, 3.8) is 0 Å². The molecule has 1 aliphatic carbocycles. The van der Waals surface area contributed by atoms with Gasteiger partial charge in [0.15, 0.2) is 0 Å². The molecule has 19 heavy (non-hydrogen) atoms. The number of nitrogens with two attached hydrogens (primary N) is 1. The number of benzene rings is 1. The fourth-order valence-corrected chi connectivity index (χ4v) is 2.56. The van der Waals surface area contributed by atoms with E-state index in [-0.39, 0.29) is 6.10 Å². The first-order valence-electron chi connectivity index (χ1n) is 7.47. The Hall–Kier alpha value is -1.22. The van der Waals surface area contributed by atoms with E-state index in [2.05, 4.69) is 5.32 Å². The molecule has 0 aromatic heterocycles. The molecule has 1 saturated carbocycles. The van der Waals surface area contributed by atoms with E-state index in [9.17, 15) is 0 Å². The zero-order valence-electron chi connectivity index (χ0n) is 12.1. The molecule has 0 aliphatic heterocycles. The fourth-order valence-electron chi connectivity index (χ4n) is 2.56. The molecule has 0 spiro atoms. The molecule has 0 unspecified atom stereocenters. The van der Waals surface area contributed by atoms with Crippen LogP contribution in [-0.2, 0) is 0 Å². The van der Waals surface area contributed by atoms with E-state index >= 15 is 0 Å². The van der Waals surface area contributed by atoms with Crippen molar-refractivity contribution in [2.45, 2.75) is 51.7 Å². The zero-order valence-corrected chi connectivity index (χ0v) is 12.1. The Balaban J connectivity index is 1.65. The molecular formula is C16H26NO2+. The van der Waals surface area contributed by atoms with Gasteiger partial charge in [0.05, 0.1) is 12.1 Å². The van der Waals surface area contributed by atoms with Crippen molar-refractivity contribution in [2.24, 2.45) is 0 Å². The largest absolute Gasteiger partial charge is 0.491 e. The fraction of sp³-hybridized carbons (Fsp3) is 0.625. The lowest BCUT2D eigenvalue weighted by molar-refractivity contribution is -0.688. The van der Waals surface area contributed by atoms with Crippen molar-refractivity contribution in [3.8, 4) is 11.5 Å². The predicted octanol–water partition coefficient (Wildman–Crippen LogP) is 2.36. The third-order valence-electron chi connectivity index (χ3n) is 3.48. The molecule has 0 radical (unpaired) electrons. The average Bonchev–Trinajstić information content (AvgIpc) is 2.89. The molecule has 0 saturated heterocycles. The van der Waals surface area contributed by atoms with Crippen LogP contribution in [-0.4, -0.2) is 25.3 Å². The lowest BCUT2D eigenvalue weighted by atomic mass is 10.2. The van der Waals surface area contributed by atoms with Crippen molar-refractivity contribution >= 4 is 0 Å². The summed E-state index contributed by atoms with van der Waals surface area (Å²) in [7, 11) is 0. The van der Waals surface area contributed by atoms with Gasteiger partial charge >= 0.3 is 0 Å². The van der Waals surface area contributed by atoms with Crippen LogP contribution in [0.5, 0.6) is 11.5 Å². The molecule has 0 atom stereocenters. The first kappa shape index (κ1) is 14.2. The third kappa shape index (κ3) is 5.11. The Kier molecular flexibility index (Phi) is 5.52. The van der Waals surface area contributed by atoms with E-state index in [0.29, 0.717) is 0 Å². The van der Waals surface area contributed by atoms with Crippen LogP contribution >= 0.6 is 0 Å². The van der Waals surface area contributed by atoms with Crippen molar-refractivity contribution in [1.82, 2.24) is 0 Å². The smallest absolute Gasteiger partial charge is 0.137 e. The molecule has 0 heterocycles. The van der Waals surface area contributed by atoms with Crippen LogP contribution in [0.15, 0.2) is 24.3 Å². The monoisotopic (exact) mass is 264 g/mol. The minimum Gasteiger partial charge on any atom is -0.491 e. The van der Waals surface area contributed by atoms with Gasteiger partial charge in [-0.2, -0.15) is 0 Å². The van der Waals surface area contributed by atoms with E-state index < -0.39 is 0 Å². The molecule has 106 valence electrons. The molecule has 2 rings (SSSR count). The molecule has 0 bridgehead atoms. The molecule has 2 N–H and O–H groups in total. The Morgan fingerprint density at radius 2 is 1.74 bits per heavy atom. The summed E-state index contributed by atoms with van der Waals surface area (Å²) >= 11 is 0. The van der Waals surface area contributed by atoms with Gasteiger partial charge in [-0.1, -0.05) is 0 Å². The van der Waals surface area contributed by atoms with Crippen molar-refractivity contribution in [2.75, 3.05) is 13.2 Å². The van der Waals surface area contributed by atoms with Crippen LogP contribution in [0, 0.1) is 0 Å². The topological polar surface area (TPSA) is 35.1 Å². The highest BCUT2D eigenvalue weighted by molar-refractivity contribution is 5.31. The highest BCUT2D eigenvalue weighted by Crippen LogP contribution is 2.18. The van der Waals surface area contributed by atoms with Crippen LogP contribution in [0.4, 0.5) is 0 Å². The van der Waals surface area contributed by atoms with Gasteiger partial charge in [0.25, 0.3) is 0 Å². The van der Waals surface area contributed by atoms with E-state index in [1.807, 2.05) is 38.1 Å². The Labute approximate surface area is 116 Å². The summed E-state index contributed by atoms with van der Waals surface area (Å²) in [5, 5.41) is 2.43. The number of quaternary nitrogens is 1.